The zero-order chi connectivity index (χ0) is 13.2. The van der Waals surface area contributed by atoms with Gasteiger partial charge in [0.25, 0.3) is 0 Å². The topological polar surface area (TPSA) is 44.1 Å². The zero-order valence-electron chi connectivity index (χ0n) is 10.6. The van der Waals surface area contributed by atoms with Crippen molar-refractivity contribution < 1.29 is 9.53 Å². The van der Waals surface area contributed by atoms with Gasteiger partial charge in [0.05, 0.1) is 17.9 Å². The molecule has 0 aliphatic carbocycles. The van der Waals surface area contributed by atoms with Gasteiger partial charge in [-0.1, -0.05) is 23.9 Å². The van der Waals surface area contributed by atoms with Gasteiger partial charge in [-0.05, 0) is 19.1 Å². The molecule has 0 unspecified atom stereocenters. The Hall–Kier alpha value is -1.75. The highest BCUT2D eigenvalue weighted by atomic mass is 32.2. The van der Waals surface area contributed by atoms with Crippen molar-refractivity contribution in [2.75, 3.05) is 12.4 Å². The zero-order valence-corrected chi connectivity index (χ0v) is 11.4. The highest BCUT2D eigenvalue weighted by Crippen LogP contribution is 2.28. The van der Waals surface area contributed by atoms with E-state index in [9.17, 15) is 4.79 Å². The van der Waals surface area contributed by atoms with Crippen LogP contribution in [0.5, 0.6) is 0 Å². The van der Waals surface area contributed by atoms with Crippen LogP contribution in [0.25, 0.3) is 11.3 Å². The number of ether oxygens (including phenoxy) is 1. The summed E-state index contributed by atoms with van der Waals surface area (Å²) in [5, 5.41) is 1.07. The minimum atomic E-state index is -0.281. The molecular formula is C14H14N2O2S. The fourth-order valence-electron chi connectivity index (χ4n) is 2.04. The van der Waals surface area contributed by atoms with Crippen molar-refractivity contribution in [3.63, 3.8) is 0 Å². The highest BCUT2D eigenvalue weighted by Gasteiger charge is 2.15. The largest absolute Gasteiger partial charge is 0.462 e. The molecule has 0 atom stereocenters. The van der Waals surface area contributed by atoms with Crippen molar-refractivity contribution in [3.8, 4) is 11.3 Å². The number of fused-ring (bicyclic) bond motifs is 1. The Labute approximate surface area is 115 Å². The number of aromatic nitrogens is 2. The number of aryl methyl sites for hydroxylation is 1. The number of imidazole rings is 1. The van der Waals surface area contributed by atoms with Gasteiger partial charge in [-0.2, -0.15) is 0 Å². The molecule has 0 N–H and O–H groups in total. The van der Waals surface area contributed by atoms with Gasteiger partial charge >= 0.3 is 5.97 Å². The number of benzene rings is 1. The molecule has 0 saturated carbocycles. The molecule has 1 aliphatic heterocycles. The molecule has 98 valence electrons. The standard InChI is InChI=1S/C14H14N2O2S/c1-2-18-13(17)11-5-3-10(4-6-11)12-9-16-7-8-19-14(16)15-12/h3-6,9H,2,7-8H2,1H3. The van der Waals surface area contributed by atoms with Gasteiger partial charge in [0.15, 0.2) is 5.16 Å². The summed E-state index contributed by atoms with van der Waals surface area (Å²) in [6, 6.07) is 7.39. The van der Waals surface area contributed by atoms with Crippen molar-refractivity contribution in [2.24, 2.45) is 0 Å². The SMILES string of the molecule is CCOC(=O)c1ccc(-c2cn3c(n2)SCC3)cc1. The summed E-state index contributed by atoms with van der Waals surface area (Å²) in [4.78, 5) is 16.1. The van der Waals surface area contributed by atoms with Gasteiger partial charge in [0, 0.05) is 24.1 Å². The first kappa shape index (κ1) is 12.3. The number of carbonyl (C=O) groups is 1. The molecule has 1 aromatic heterocycles. The van der Waals surface area contributed by atoms with Gasteiger partial charge in [-0.15, -0.1) is 0 Å². The van der Waals surface area contributed by atoms with Crippen LogP contribution in [0.15, 0.2) is 35.6 Å². The third kappa shape index (κ3) is 2.38. The fraction of sp³-hybridized carbons (Fsp3) is 0.286. The quantitative estimate of drug-likeness (QED) is 0.807. The number of carbonyl (C=O) groups excluding carboxylic acids is 1. The van der Waals surface area contributed by atoms with Gasteiger partial charge in [-0.3, -0.25) is 0 Å². The Morgan fingerprint density at radius 1 is 1.42 bits per heavy atom. The average molecular weight is 274 g/mol. The lowest BCUT2D eigenvalue weighted by molar-refractivity contribution is 0.0526. The van der Waals surface area contributed by atoms with E-state index in [-0.39, 0.29) is 5.97 Å². The summed E-state index contributed by atoms with van der Waals surface area (Å²) in [5.41, 5.74) is 2.56. The first-order chi connectivity index (χ1) is 9.28. The van der Waals surface area contributed by atoms with Crippen molar-refractivity contribution in [2.45, 2.75) is 18.6 Å². The van der Waals surface area contributed by atoms with Gasteiger partial charge in [0.1, 0.15) is 0 Å². The second-order valence-corrected chi connectivity index (χ2v) is 5.31. The Kier molecular flexibility index (Phi) is 3.29. The summed E-state index contributed by atoms with van der Waals surface area (Å²) in [6.07, 6.45) is 2.06. The molecule has 0 radical (unpaired) electrons. The molecule has 0 saturated heterocycles. The Morgan fingerprint density at radius 2 is 2.21 bits per heavy atom. The highest BCUT2D eigenvalue weighted by molar-refractivity contribution is 7.99. The third-order valence-corrected chi connectivity index (χ3v) is 3.97. The van der Waals surface area contributed by atoms with Crippen LogP contribution in [0.4, 0.5) is 0 Å². The Bertz CT molecular complexity index is 583. The van der Waals surface area contributed by atoms with Crippen LogP contribution in [0.1, 0.15) is 17.3 Å². The summed E-state index contributed by atoms with van der Waals surface area (Å²) in [6.45, 7) is 3.22. The van der Waals surface area contributed by atoms with E-state index < -0.39 is 0 Å². The monoisotopic (exact) mass is 274 g/mol. The van der Waals surface area contributed by atoms with E-state index in [0.717, 1.165) is 28.7 Å². The van der Waals surface area contributed by atoms with Gasteiger partial charge < -0.3 is 9.30 Å². The lowest BCUT2D eigenvalue weighted by Gasteiger charge is -2.02. The predicted molar refractivity (Wildman–Crippen MR) is 74.3 cm³/mol. The van der Waals surface area contributed by atoms with Crippen LogP contribution in [0, 0.1) is 0 Å². The third-order valence-electron chi connectivity index (χ3n) is 3.00. The van der Waals surface area contributed by atoms with Crippen molar-refractivity contribution >= 4 is 17.7 Å². The number of rotatable bonds is 3. The molecule has 1 aliphatic rings. The molecule has 0 bridgehead atoms. The van der Waals surface area contributed by atoms with E-state index in [1.807, 2.05) is 12.1 Å². The van der Waals surface area contributed by atoms with Crippen LogP contribution in [0.2, 0.25) is 0 Å². The van der Waals surface area contributed by atoms with Crippen LogP contribution in [-0.4, -0.2) is 27.9 Å². The molecule has 4 nitrogen and oxygen atoms in total. The van der Waals surface area contributed by atoms with E-state index in [0.29, 0.717) is 12.2 Å². The first-order valence-corrected chi connectivity index (χ1v) is 7.24. The van der Waals surface area contributed by atoms with Gasteiger partial charge in [-0.25, -0.2) is 9.78 Å². The molecule has 1 aromatic carbocycles. The maximum Gasteiger partial charge on any atom is 0.338 e. The molecular weight excluding hydrogens is 260 g/mol. The second kappa shape index (κ2) is 5.09. The fourth-order valence-corrected chi connectivity index (χ4v) is 2.98. The maximum absolute atomic E-state index is 11.6. The van der Waals surface area contributed by atoms with Crippen LogP contribution >= 0.6 is 11.8 Å². The maximum atomic E-state index is 11.6. The summed E-state index contributed by atoms with van der Waals surface area (Å²) >= 11 is 1.78. The van der Waals surface area contributed by atoms with Gasteiger partial charge in [0.2, 0.25) is 0 Å². The van der Waals surface area contributed by atoms with Crippen LogP contribution in [0.3, 0.4) is 0 Å². The molecule has 3 rings (SSSR count). The van der Waals surface area contributed by atoms with E-state index in [1.165, 1.54) is 0 Å². The Balaban J connectivity index is 1.83. The molecule has 0 amide bonds. The molecule has 2 heterocycles. The summed E-state index contributed by atoms with van der Waals surface area (Å²) in [5.74, 6) is 0.821. The number of esters is 1. The average Bonchev–Trinajstić information content (AvgIpc) is 3.00. The molecule has 2 aromatic rings. The minimum absolute atomic E-state index is 0.281. The molecule has 0 fully saturated rings. The van der Waals surface area contributed by atoms with Crippen LogP contribution < -0.4 is 0 Å². The Morgan fingerprint density at radius 3 is 2.89 bits per heavy atom. The first-order valence-electron chi connectivity index (χ1n) is 6.25. The lowest BCUT2D eigenvalue weighted by Crippen LogP contribution is -2.03. The predicted octanol–water partition coefficient (Wildman–Crippen LogP) is 2.83. The molecule has 5 heteroatoms. The van der Waals surface area contributed by atoms with Crippen molar-refractivity contribution in [1.82, 2.24) is 9.55 Å². The molecule has 0 spiro atoms. The number of nitrogens with zero attached hydrogens (tertiary/aromatic N) is 2. The summed E-state index contributed by atoms with van der Waals surface area (Å²) < 4.78 is 7.13. The molecule has 19 heavy (non-hydrogen) atoms. The number of hydrogen-bond donors (Lipinski definition) is 0. The number of thioether (sulfide) groups is 1. The normalized spacial score (nSPS) is 13.3. The summed E-state index contributed by atoms with van der Waals surface area (Å²) in [7, 11) is 0. The van der Waals surface area contributed by atoms with Crippen LogP contribution in [-0.2, 0) is 11.3 Å². The van der Waals surface area contributed by atoms with Crippen molar-refractivity contribution in [3.05, 3.63) is 36.0 Å². The minimum Gasteiger partial charge on any atom is -0.462 e. The van der Waals surface area contributed by atoms with E-state index >= 15 is 0 Å². The van der Waals surface area contributed by atoms with E-state index in [4.69, 9.17) is 4.74 Å². The van der Waals surface area contributed by atoms with E-state index in [1.54, 1.807) is 30.8 Å². The lowest BCUT2D eigenvalue weighted by atomic mass is 10.1. The van der Waals surface area contributed by atoms with Crippen molar-refractivity contribution in [1.29, 1.82) is 0 Å². The van der Waals surface area contributed by atoms with E-state index in [2.05, 4.69) is 15.7 Å². The smallest absolute Gasteiger partial charge is 0.338 e. The number of hydrogen-bond acceptors (Lipinski definition) is 4. The second-order valence-electron chi connectivity index (χ2n) is 4.25.